The summed E-state index contributed by atoms with van der Waals surface area (Å²) in [7, 11) is 0. The van der Waals surface area contributed by atoms with E-state index in [1.807, 2.05) is 0 Å². The van der Waals surface area contributed by atoms with Crippen LogP contribution < -0.4 is 5.32 Å². The van der Waals surface area contributed by atoms with E-state index in [4.69, 9.17) is 5.11 Å². The fraction of sp³-hybridized carbons (Fsp3) is 0.556. The molecule has 6 heteroatoms. The highest BCUT2D eigenvalue weighted by Gasteiger charge is 2.38. The maximum absolute atomic E-state index is 11.5. The van der Waals surface area contributed by atoms with E-state index < -0.39 is 24.1 Å². The van der Waals surface area contributed by atoms with E-state index >= 15 is 0 Å². The average Bonchev–Trinajstić information content (AvgIpc) is 2.57. The number of urea groups is 1. The minimum atomic E-state index is -1.10. The number of hydrogen-bond acceptors (Lipinski definition) is 3. The van der Waals surface area contributed by atoms with Crippen LogP contribution in [0.2, 0.25) is 0 Å². The summed E-state index contributed by atoms with van der Waals surface area (Å²) in [5, 5.41) is 20.6. The number of nitrogens with zero attached hydrogens (tertiary/aromatic N) is 1. The van der Waals surface area contributed by atoms with Gasteiger partial charge in [0.1, 0.15) is 6.04 Å². The van der Waals surface area contributed by atoms with Crippen molar-refractivity contribution in [3.8, 4) is 0 Å². The first kappa shape index (κ1) is 11.5. The average molecular weight is 214 g/mol. The van der Waals surface area contributed by atoms with Gasteiger partial charge in [0.05, 0.1) is 6.10 Å². The minimum absolute atomic E-state index is 0.0555. The number of likely N-dealkylation sites (tertiary alicyclic amines) is 1. The van der Waals surface area contributed by atoms with Crippen LogP contribution in [0.25, 0.3) is 0 Å². The number of carboxylic acid groups (broad SMARTS) is 1. The lowest BCUT2D eigenvalue weighted by atomic mass is 10.2. The number of carboxylic acids is 1. The number of aliphatic hydroxyl groups excluding tert-OH is 1. The van der Waals surface area contributed by atoms with E-state index in [0.29, 0.717) is 0 Å². The van der Waals surface area contributed by atoms with Gasteiger partial charge in [-0.25, -0.2) is 9.59 Å². The second-order valence-electron chi connectivity index (χ2n) is 3.37. The Hall–Kier alpha value is -1.56. The van der Waals surface area contributed by atoms with Crippen molar-refractivity contribution < 1.29 is 19.8 Å². The Morgan fingerprint density at radius 3 is 2.80 bits per heavy atom. The molecule has 6 nitrogen and oxygen atoms in total. The number of amides is 2. The maximum atomic E-state index is 11.5. The molecule has 1 aliphatic rings. The Bertz CT molecular complexity index is 279. The first-order valence-electron chi connectivity index (χ1n) is 4.62. The van der Waals surface area contributed by atoms with E-state index in [9.17, 15) is 14.7 Å². The molecule has 0 aromatic heterocycles. The van der Waals surface area contributed by atoms with E-state index in [0.717, 1.165) is 4.90 Å². The molecule has 1 heterocycles. The van der Waals surface area contributed by atoms with E-state index in [1.54, 1.807) is 0 Å². The largest absolute Gasteiger partial charge is 0.480 e. The van der Waals surface area contributed by atoms with Crippen LogP contribution in [-0.4, -0.2) is 52.3 Å². The number of carbonyl (C=O) groups is 2. The molecule has 15 heavy (non-hydrogen) atoms. The van der Waals surface area contributed by atoms with Gasteiger partial charge in [-0.2, -0.15) is 0 Å². The van der Waals surface area contributed by atoms with Crippen LogP contribution in [0.3, 0.4) is 0 Å². The molecule has 0 radical (unpaired) electrons. The number of nitrogens with one attached hydrogen (secondary N) is 1. The summed E-state index contributed by atoms with van der Waals surface area (Å²) >= 11 is 0. The fourth-order valence-corrected chi connectivity index (χ4v) is 1.53. The van der Waals surface area contributed by atoms with Crippen molar-refractivity contribution in [1.29, 1.82) is 0 Å². The van der Waals surface area contributed by atoms with Crippen molar-refractivity contribution in [3.05, 3.63) is 12.7 Å². The van der Waals surface area contributed by atoms with Crippen LogP contribution in [0.4, 0.5) is 4.79 Å². The molecule has 0 aliphatic carbocycles. The normalized spacial score (nSPS) is 25.0. The molecule has 1 aliphatic heterocycles. The highest BCUT2D eigenvalue weighted by atomic mass is 16.4. The van der Waals surface area contributed by atoms with Crippen molar-refractivity contribution >= 4 is 12.0 Å². The molecule has 1 fully saturated rings. The highest BCUT2D eigenvalue weighted by molar-refractivity contribution is 5.83. The third-order valence-electron chi connectivity index (χ3n) is 2.22. The number of rotatable bonds is 3. The number of β-amino-alcohol motifs (C(OH)–C–C–N with tert-alkyl or cyclic N) is 1. The van der Waals surface area contributed by atoms with Gasteiger partial charge in [-0.3, -0.25) is 0 Å². The summed E-state index contributed by atoms with van der Waals surface area (Å²) in [5.74, 6) is -1.10. The molecule has 1 rings (SSSR count). The highest BCUT2D eigenvalue weighted by Crippen LogP contribution is 2.17. The summed E-state index contributed by atoms with van der Waals surface area (Å²) in [6, 6.07) is -1.43. The summed E-state index contributed by atoms with van der Waals surface area (Å²) in [5.41, 5.74) is 0. The Morgan fingerprint density at radius 2 is 2.27 bits per heavy atom. The van der Waals surface area contributed by atoms with Gasteiger partial charge in [0.2, 0.25) is 0 Å². The molecule has 0 saturated carbocycles. The van der Waals surface area contributed by atoms with Crippen LogP contribution >= 0.6 is 0 Å². The summed E-state index contributed by atoms with van der Waals surface area (Å²) in [4.78, 5) is 23.4. The molecule has 3 N–H and O–H groups in total. The first-order valence-corrected chi connectivity index (χ1v) is 4.62. The third kappa shape index (κ3) is 2.69. The second-order valence-corrected chi connectivity index (χ2v) is 3.37. The van der Waals surface area contributed by atoms with Crippen LogP contribution in [-0.2, 0) is 4.79 Å². The lowest BCUT2D eigenvalue weighted by molar-refractivity contribution is -0.141. The van der Waals surface area contributed by atoms with Crippen LogP contribution in [0.1, 0.15) is 6.42 Å². The molecule has 2 unspecified atom stereocenters. The summed E-state index contributed by atoms with van der Waals surface area (Å²) < 4.78 is 0. The Labute approximate surface area is 87.2 Å². The van der Waals surface area contributed by atoms with Crippen molar-refractivity contribution in [3.63, 3.8) is 0 Å². The minimum Gasteiger partial charge on any atom is -0.480 e. The Balaban J connectivity index is 2.62. The number of carbonyl (C=O) groups excluding carboxylic acids is 1. The standard InChI is InChI=1S/C9H14N2O4/c1-2-3-10-9(15)11-5-6(12)4-7(11)8(13)14/h2,6-7,12H,1,3-5H2,(H,10,15)(H,13,14). The van der Waals surface area contributed by atoms with Crippen molar-refractivity contribution in [1.82, 2.24) is 10.2 Å². The van der Waals surface area contributed by atoms with Crippen molar-refractivity contribution in [2.75, 3.05) is 13.1 Å². The zero-order valence-corrected chi connectivity index (χ0v) is 8.22. The first-order chi connectivity index (χ1) is 7.06. The second kappa shape index (κ2) is 4.79. The monoisotopic (exact) mass is 214 g/mol. The van der Waals surface area contributed by atoms with Crippen LogP contribution in [0.15, 0.2) is 12.7 Å². The summed E-state index contributed by atoms with van der Waals surface area (Å²) in [6.45, 7) is 3.76. The van der Waals surface area contributed by atoms with Gasteiger partial charge in [0.15, 0.2) is 0 Å². The molecule has 0 bridgehead atoms. The molecule has 0 aromatic rings. The topological polar surface area (TPSA) is 89.9 Å². The molecule has 0 spiro atoms. The van der Waals surface area contributed by atoms with E-state index in [2.05, 4.69) is 11.9 Å². The molecular weight excluding hydrogens is 200 g/mol. The van der Waals surface area contributed by atoms with Gasteiger partial charge in [-0.1, -0.05) is 6.08 Å². The lowest BCUT2D eigenvalue weighted by Gasteiger charge is -2.20. The quantitative estimate of drug-likeness (QED) is 0.547. The molecule has 0 aromatic carbocycles. The fourth-order valence-electron chi connectivity index (χ4n) is 1.53. The molecule has 1 saturated heterocycles. The third-order valence-corrected chi connectivity index (χ3v) is 2.22. The zero-order valence-electron chi connectivity index (χ0n) is 8.22. The molecule has 2 amide bonds. The predicted octanol–water partition coefficient (Wildman–Crippen LogP) is -0.598. The van der Waals surface area contributed by atoms with Crippen LogP contribution in [0, 0.1) is 0 Å². The van der Waals surface area contributed by atoms with Gasteiger partial charge in [0.25, 0.3) is 0 Å². The summed E-state index contributed by atoms with van der Waals surface area (Å²) in [6.07, 6.45) is 0.817. The smallest absolute Gasteiger partial charge is 0.326 e. The Kier molecular flexibility index (Phi) is 3.68. The Morgan fingerprint density at radius 1 is 1.60 bits per heavy atom. The molecule has 2 atom stereocenters. The van der Waals surface area contributed by atoms with Gasteiger partial charge < -0.3 is 20.4 Å². The van der Waals surface area contributed by atoms with Gasteiger partial charge in [-0.05, 0) is 0 Å². The zero-order chi connectivity index (χ0) is 11.4. The number of hydrogen-bond donors (Lipinski definition) is 3. The lowest BCUT2D eigenvalue weighted by Crippen LogP contribution is -2.46. The van der Waals surface area contributed by atoms with Crippen molar-refractivity contribution in [2.45, 2.75) is 18.6 Å². The molecular formula is C9H14N2O4. The van der Waals surface area contributed by atoms with Gasteiger partial charge >= 0.3 is 12.0 Å². The number of aliphatic hydroxyl groups is 1. The van der Waals surface area contributed by atoms with Gasteiger partial charge in [-0.15, -0.1) is 6.58 Å². The van der Waals surface area contributed by atoms with Crippen molar-refractivity contribution in [2.24, 2.45) is 0 Å². The predicted molar refractivity (Wildman–Crippen MR) is 52.3 cm³/mol. The SMILES string of the molecule is C=CCNC(=O)N1CC(O)CC1C(=O)O. The van der Waals surface area contributed by atoms with Gasteiger partial charge in [0, 0.05) is 19.5 Å². The number of aliphatic carboxylic acids is 1. The van der Waals surface area contributed by atoms with E-state index in [1.165, 1.54) is 6.08 Å². The molecule has 84 valence electrons. The maximum Gasteiger partial charge on any atom is 0.326 e. The van der Waals surface area contributed by atoms with Crippen LogP contribution in [0.5, 0.6) is 0 Å². The van der Waals surface area contributed by atoms with E-state index in [-0.39, 0.29) is 19.5 Å².